The smallest absolute Gasteiger partial charge is 0.255 e. The Labute approximate surface area is 137 Å². The predicted octanol–water partition coefficient (Wildman–Crippen LogP) is 3.02. The van der Waals surface area contributed by atoms with E-state index in [9.17, 15) is 14.0 Å². The van der Waals surface area contributed by atoms with Crippen LogP contribution in [-0.4, -0.2) is 18.4 Å². The molecule has 0 aliphatic rings. The van der Waals surface area contributed by atoms with Crippen molar-refractivity contribution in [1.29, 1.82) is 0 Å². The van der Waals surface area contributed by atoms with Gasteiger partial charge in [0.05, 0.1) is 10.7 Å². The zero-order valence-corrected chi connectivity index (χ0v) is 12.9. The third kappa shape index (κ3) is 4.77. The first-order chi connectivity index (χ1) is 11.0. The first-order valence-electron chi connectivity index (χ1n) is 6.86. The third-order valence-corrected chi connectivity index (χ3v) is 3.29. The fourth-order valence-corrected chi connectivity index (χ4v) is 2.07. The molecular weight excluding hydrogens is 321 g/mol. The predicted molar refractivity (Wildman–Crippen MR) is 88.1 cm³/mol. The van der Waals surface area contributed by atoms with Crippen molar-refractivity contribution in [2.45, 2.75) is 6.42 Å². The molecule has 2 amide bonds. The second-order valence-electron chi connectivity index (χ2n) is 4.74. The topological polar surface area (TPSA) is 84.2 Å². The maximum absolute atomic E-state index is 12.8. The van der Waals surface area contributed by atoms with E-state index in [0.717, 1.165) is 0 Å². The second kappa shape index (κ2) is 7.71. The average Bonchev–Trinajstić information content (AvgIpc) is 2.51. The van der Waals surface area contributed by atoms with Crippen LogP contribution in [0.3, 0.4) is 0 Å². The van der Waals surface area contributed by atoms with E-state index in [1.807, 2.05) is 0 Å². The molecule has 0 heterocycles. The summed E-state index contributed by atoms with van der Waals surface area (Å²) in [5, 5.41) is 5.54. The van der Waals surface area contributed by atoms with Gasteiger partial charge in [0.15, 0.2) is 0 Å². The minimum atomic E-state index is -0.419. The van der Waals surface area contributed by atoms with Crippen LogP contribution in [0, 0.1) is 5.82 Å². The quantitative estimate of drug-likeness (QED) is 0.785. The van der Waals surface area contributed by atoms with E-state index in [1.165, 1.54) is 30.3 Å². The molecule has 2 aromatic rings. The Morgan fingerprint density at radius 1 is 1.09 bits per heavy atom. The summed E-state index contributed by atoms with van der Waals surface area (Å²) >= 11 is 6.10. The normalized spacial score (nSPS) is 10.2. The molecule has 0 bridgehead atoms. The van der Waals surface area contributed by atoms with Crippen molar-refractivity contribution in [2.75, 3.05) is 17.2 Å². The highest BCUT2D eigenvalue weighted by atomic mass is 35.5. The van der Waals surface area contributed by atoms with Gasteiger partial charge in [-0.25, -0.2) is 4.39 Å². The summed E-state index contributed by atoms with van der Waals surface area (Å²) in [4.78, 5) is 23.5. The maximum Gasteiger partial charge on any atom is 0.255 e. The number of hydrogen-bond acceptors (Lipinski definition) is 3. The first-order valence-corrected chi connectivity index (χ1v) is 7.24. The number of nitrogens with two attached hydrogens (primary N) is 1. The highest BCUT2D eigenvalue weighted by Crippen LogP contribution is 2.26. The molecule has 5 nitrogen and oxygen atoms in total. The number of carbonyl (C=O) groups excluding carboxylic acids is 2. The van der Waals surface area contributed by atoms with Gasteiger partial charge in [-0.2, -0.15) is 0 Å². The lowest BCUT2D eigenvalue weighted by molar-refractivity contribution is -0.116. The van der Waals surface area contributed by atoms with Gasteiger partial charge in [-0.15, -0.1) is 0 Å². The lowest BCUT2D eigenvalue weighted by atomic mass is 10.2. The molecule has 0 radical (unpaired) electrons. The van der Waals surface area contributed by atoms with Crippen LogP contribution in [0.5, 0.6) is 0 Å². The van der Waals surface area contributed by atoms with E-state index in [2.05, 4.69) is 10.6 Å². The molecule has 0 aliphatic heterocycles. The van der Waals surface area contributed by atoms with Gasteiger partial charge in [0.1, 0.15) is 5.82 Å². The minimum absolute atomic E-state index is 0.209. The molecule has 0 aliphatic carbocycles. The summed E-state index contributed by atoms with van der Waals surface area (Å²) in [6, 6.07) is 9.86. The molecule has 0 aromatic heterocycles. The van der Waals surface area contributed by atoms with Crippen molar-refractivity contribution in [3.8, 4) is 0 Å². The molecule has 23 heavy (non-hydrogen) atoms. The fourth-order valence-electron chi connectivity index (χ4n) is 1.84. The van der Waals surface area contributed by atoms with E-state index < -0.39 is 11.7 Å². The third-order valence-electron chi connectivity index (χ3n) is 2.98. The number of benzene rings is 2. The molecule has 0 unspecified atom stereocenters. The van der Waals surface area contributed by atoms with E-state index in [0.29, 0.717) is 16.9 Å². The van der Waals surface area contributed by atoms with E-state index >= 15 is 0 Å². The lowest BCUT2D eigenvalue weighted by Crippen LogP contribution is -2.16. The van der Waals surface area contributed by atoms with Gasteiger partial charge in [0, 0.05) is 24.2 Å². The highest BCUT2D eigenvalue weighted by molar-refractivity contribution is 6.34. The molecule has 0 spiro atoms. The van der Waals surface area contributed by atoms with Crippen LogP contribution in [0.2, 0.25) is 5.02 Å². The Morgan fingerprint density at radius 2 is 1.78 bits per heavy atom. The number of rotatable bonds is 5. The number of amides is 2. The Balaban J connectivity index is 2.07. The van der Waals surface area contributed by atoms with Crippen LogP contribution in [0.25, 0.3) is 0 Å². The number of halogens is 2. The molecule has 2 aromatic carbocycles. The van der Waals surface area contributed by atoms with Crippen LogP contribution < -0.4 is 16.4 Å². The summed E-state index contributed by atoms with van der Waals surface area (Å²) in [6.45, 7) is 0.255. The fraction of sp³-hybridized carbons (Fsp3) is 0.125. The zero-order valence-electron chi connectivity index (χ0n) is 12.1. The van der Waals surface area contributed by atoms with Crippen LogP contribution in [0.1, 0.15) is 16.8 Å². The maximum atomic E-state index is 12.8. The summed E-state index contributed by atoms with van der Waals surface area (Å²) in [5.41, 5.74) is 6.50. The van der Waals surface area contributed by atoms with Crippen molar-refractivity contribution < 1.29 is 14.0 Å². The van der Waals surface area contributed by atoms with Crippen LogP contribution in [-0.2, 0) is 4.79 Å². The van der Waals surface area contributed by atoms with Crippen molar-refractivity contribution in [1.82, 2.24) is 0 Å². The molecular formula is C16H15ClFN3O2. The molecule has 2 rings (SSSR count). The summed E-state index contributed by atoms with van der Waals surface area (Å²) in [5.74, 6) is -1.05. The summed E-state index contributed by atoms with van der Waals surface area (Å²) < 4.78 is 12.8. The SMILES string of the molecule is NCCC(=O)Nc1ccc(NC(=O)c2ccc(F)cc2)c(Cl)c1. The Bertz CT molecular complexity index is 720. The van der Waals surface area contributed by atoms with E-state index in [-0.39, 0.29) is 23.9 Å². The molecule has 0 fully saturated rings. The summed E-state index contributed by atoms with van der Waals surface area (Å²) in [6.07, 6.45) is 0.209. The summed E-state index contributed by atoms with van der Waals surface area (Å²) in [7, 11) is 0. The Morgan fingerprint density at radius 3 is 2.39 bits per heavy atom. The number of nitrogens with one attached hydrogen (secondary N) is 2. The number of hydrogen-bond donors (Lipinski definition) is 3. The number of carbonyl (C=O) groups is 2. The van der Waals surface area contributed by atoms with Crippen molar-refractivity contribution in [3.63, 3.8) is 0 Å². The highest BCUT2D eigenvalue weighted by Gasteiger charge is 2.10. The van der Waals surface area contributed by atoms with Crippen molar-refractivity contribution in [2.24, 2.45) is 5.73 Å². The number of anilines is 2. The van der Waals surface area contributed by atoms with Gasteiger partial charge in [-0.05, 0) is 42.5 Å². The lowest BCUT2D eigenvalue weighted by Gasteiger charge is -2.10. The van der Waals surface area contributed by atoms with Gasteiger partial charge < -0.3 is 16.4 Å². The van der Waals surface area contributed by atoms with Crippen LogP contribution in [0.4, 0.5) is 15.8 Å². The monoisotopic (exact) mass is 335 g/mol. The van der Waals surface area contributed by atoms with Gasteiger partial charge in [0.2, 0.25) is 5.91 Å². The second-order valence-corrected chi connectivity index (χ2v) is 5.15. The van der Waals surface area contributed by atoms with E-state index in [4.69, 9.17) is 17.3 Å². The Hall–Kier alpha value is -2.44. The molecule has 4 N–H and O–H groups in total. The minimum Gasteiger partial charge on any atom is -0.330 e. The van der Waals surface area contributed by atoms with Crippen LogP contribution >= 0.6 is 11.6 Å². The molecule has 0 saturated carbocycles. The zero-order chi connectivity index (χ0) is 16.8. The van der Waals surface area contributed by atoms with E-state index in [1.54, 1.807) is 12.1 Å². The Kier molecular flexibility index (Phi) is 5.67. The average molecular weight is 336 g/mol. The first kappa shape index (κ1) is 16.9. The van der Waals surface area contributed by atoms with Crippen molar-refractivity contribution in [3.05, 3.63) is 58.9 Å². The van der Waals surface area contributed by atoms with Gasteiger partial charge in [0.25, 0.3) is 5.91 Å². The molecule has 0 saturated heterocycles. The standard InChI is InChI=1S/C16H15ClFN3O2/c17-13-9-12(20-15(22)7-8-19)5-6-14(13)21-16(23)10-1-3-11(18)4-2-10/h1-6,9H,7-8,19H2,(H,20,22)(H,21,23). The van der Waals surface area contributed by atoms with Gasteiger partial charge in [-0.3, -0.25) is 9.59 Å². The molecule has 120 valence electrons. The van der Waals surface area contributed by atoms with Gasteiger partial charge >= 0.3 is 0 Å². The molecule has 0 atom stereocenters. The van der Waals surface area contributed by atoms with Gasteiger partial charge in [-0.1, -0.05) is 11.6 Å². The largest absolute Gasteiger partial charge is 0.330 e. The molecule has 7 heteroatoms. The van der Waals surface area contributed by atoms with Crippen molar-refractivity contribution >= 4 is 34.8 Å². The van der Waals surface area contributed by atoms with Crippen LogP contribution in [0.15, 0.2) is 42.5 Å².